The Hall–Kier alpha value is -0.780. The summed E-state index contributed by atoms with van der Waals surface area (Å²) < 4.78 is 23.3. The number of aromatic nitrogens is 1. The van der Waals surface area contributed by atoms with Crippen LogP contribution in [0.1, 0.15) is 18.7 Å². The number of hydrogen-bond acceptors (Lipinski definition) is 3. The first kappa shape index (κ1) is 9.31. The quantitative estimate of drug-likeness (QED) is 0.724. The molecule has 0 saturated carbocycles. The second kappa shape index (κ2) is 4.30. The second-order valence-corrected chi connectivity index (χ2v) is 2.84. The van der Waals surface area contributed by atoms with Crippen molar-refractivity contribution in [3.8, 4) is 0 Å². The molecule has 2 atom stereocenters. The molecule has 1 aromatic rings. The minimum atomic E-state index is -2.24. The molecule has 0 spiro atoms. The minimum Gasteiger partial charge on any atom is -0.284 e. The molecule has 1 heterocycles. The Morgan fingerprint density at radius 3 is 2.92 bits per heavy atom. The van der Waals surface area contributed by atoms with Crippen LogP contribution < -0.4 is 0 Å². The molecule has 0 aliphatic heterocycles. The number of rotatable bonds is 3. The summed E-state index contributed by atoms with van der Waals surface area (Å²) >= 11 is -2.24. The molecule has 0 aliphatic rings. The predicted molar refractivity (Wildman–Crippen MR) is 44.5 cm³/mol. The Morgan fingerprint density at radius 1 is 1.67 bits per heavy atom. The fraction of sp³-hybridized carbons (Fsp3) is 0.286. The van der Waals surface area contributed by atoms with Crippen molar-refractivity contribution in [3.05, 3.63) is 30.1 Å². The van der Waals surface area contributed by atoms with E-state index in [1.54, 1.807) is 31.3 Å². The third-order valence-corrected chi connectivity index (χ3v) is 1.78. The van der Waals surface area contributed by atoms with Gasteiger partial charge in [-0.15, -0.1) is 0 Å². The highest BCUT2D eigenvalue weighted by molar-refractivity contribution is 7.74. The topological polar surface area (TPSA) is 59.4 Å². The summed E-state index contributed by atoms with van der Waals surface area (Å²) in [5.74, 6) is 0. The lowest BCUT2D eigenvalue weighted by atomic mass is 10.2. The molecule has 66 valence electrons. The first-order valence-electron chi connectivity index (χ1n) is 3.39. The average molecular weight is 187 g/mol. The van der Waals surface area contributed by atoms with Crippen molar-refractivity contribution >= 4 is 11.4 Å². The maximum Gasteiger partial charge on any atom is 0.302 e. The van der Waals surface area contributed by atoms with Crippen LogP contribution in [0.3, 0.4) is 0 Å². The zero-order valence-corrected chi connectivity index (χ0v) is 7.32. The average Bonchev–Trinajstić information content (AvgIpc) is 2.05. The molecule has 0 saturated heterocycles. The molecule has 1 aromatic heterocycles. The first-order chi connectivity index (χ1) is 5.70. The van der Waals surface area contributed by atoms with E-state index in [2.05, 4.69) is 9.17 Å². The number of nitrogens with zero attached hydrogens (tertiary/aromatic N) is 1. The Kier molecular flexibility index (Phi) is 3.33. The van der Waals surface area contributed by atoms with E-state index in [0.717, 1.165) is 0 Å². The van der Waals surface area contributed by atoms with Crippen molar-refractivity contribution in [3.63, 3.8) is 0 Å². The van der Waals surface area contributed by atoms with Crippen LogP contribution in [0, 0.1) is 0 Å². The zero-order valence-electron chi connectivity index (χ0n) is 6.51. The summed E-state index contributed by atoms with van der Waals surface area (Å²) in [6, 6.07) is 5.30. The van der Waals surface area contributed by atoms with Crippen molar-refractivity contribution in [2.45, 2.75) is 13.0 Å². The van der Waals surface area contributed by atoms with Crippen LogP contribution in [-0.4, -0.2) is 13.7 Å². The Morgan fingerprint density at radius 2 is 2.42 bits per heavy atom. The summed E-state index contributed by atoms with van der Waals surface area (Å²) in [7, 11) is 0. The molecule has 12 heavy (non-hydrogen) atoms. The van der Waals surface area contributed by atoms with Crippen LogP contribution >= 0.6 is 0 Å². The van der Waals surface area contributed by atoms with E-state index < -0.39 is 17.5 Å². The third-order valence-electron chi connectivity index (χ3n) is 1.33. The van der Waals surface area contributed by atoms with Gasteiger partial charge in [0.05, 0.1) is 5.69 Å². The van der Waals surface area contributed by atoms with Gasteiger partial charge in [0.2, 0.25) is 0 Å². The Balaban J connectivity index is 2.65. The standard InChI is InChI=1S/C7H9NO3S/c1-6(11-12(9)10)7-4-2-3-5-8-7/h2-6H,1H3,(H,9,10). The fourth-order valence-electron chi connectivity index (χ4n) is 0.789. The van der Waals surface area contributed by atoms with Gasteiger partial charge in [-0.1, -0.05) is 6.07 Å². The van der Waals surface area contributed by atoms with Crippen LogP contribution in [0.5, 0.6) is 0 Å². The van der Waals surface area contributed by atoms with Crippen molar-refractivity contribution in [2.75, 3.05) is 0 Å². The van der Waals surface area contributed by atoms with E-state index in [9.17, 15) is 4.21 Å². The predicted octanol–water partition coefficient (Wildman–Crippen LogP) is 1.30. The Labute approximate surface area is 73.1 Å². The maximum absolute atomic E-state index is 10.2. The molecule has 1 rings (SSSR count). The van der Waals surface area contributed by atoms with Crippen molar-refractivity contribution in [1.29, 1.82) is 0 Å². The highest BCUT2D eigenvalue weighted by Gasteiger charge is 2.08. The molecule has 0 amide bonds. The molecular weight excluding hydrogens is 178 g/mol. The summed E-state index contributed by atoms with van der Waals surface area (Å²) in [4.78, 5) is 3.96. The van der Waals surface area contributed by atoms with Gasteiger partial charge in [-0.3, -0.25) is 13.7 Å². The van der Waals surface area contributed by atoms with Crippen LogP contribution in [0.4, 0.5) is 0 Å². The molecule has 0 bridgehead atoms. The summed E-state index contributed by atoms with van der Waals surface area (Å²) in [5, 5.41) is 0. The number of hydrogen-bond donors (Lipinski definition) is 1. The summed E-state index contributed by atoms with van der Waals surface area (Å²) in [6.45, 7) is 1.66. The summed E-state index contributed by atoms with van der Waals surface area (Å²) in [6.07, 6.45) is 1.15. The van der Waals surface area contributed by atoms with Crippen LogP contribution in [0.2, 0.25) is 0 Å². The normalized spacial score (nSPS) is 15.5. The monoisotopic (exact) mass is 187 g/mol. The molecule has 5 heteroatoms. The van der Waals surface area contributed by atoms with Crippen LogP contribution in [-0.2, 0) is 15.5 Å². The molecule has 1 N–H and O–H groups in total. The van der Waals surface area contributed by atoms with Crippen LogP contribution in [0.15, 0.2) is 24.4 Å². The molecule has 4 nitrogen and oxygen atoms in total. The van der Waals surface area contributed by atoms with Crippen molar-refractivity contribution in [2.24, 2.45) is 0 Å². The van der Waals surface area contributed by atoms with E-state index >= 15 is 0 Å². The second-order valence-electron chi connectivity index (χ2n) is 2.21. The molecule has 0 aromatic carbocycles. The van der Waals surface area contributed by atoms with Crippen molar-refractivity contribution in [1.82, 2.24) is 4.98 Å². The lowest BCUT2D eigenvalue weighted by molar-refractivity contribution is 0.222. The van der Waals surface area contributed by atoms with Gasteiger partial charge in [-0.2, -0.15) is 4.21 Å². The van der Waals surface area contributed by atoms with Gasteiger partial charge in [-0.25, -0.2) is 0 Å². The van der Waals surface area contributed by atoms with Gasteiger partial charge in [-0.05, 0) is 19.1 Å². The first-order valence-corrected chi connectivity index (χ1v) is 4.42. The lowest BCUT2D eigenvalue weighted by Crippen LogP contribution is -2.03. The van der Waals surface area contributed by atoms with Gasteiger partial charge >= 0.3 is 11.4 Å². The van der Waals surface area contributed by atoms with Crippen molar-refractivity contribution < 1.29 is 12.9 Å². The Bertz CT molecular complexity index is 265. The van der Waals surface area contributed by atoms with E-state index in [1.165, 1.54) is 0 Å². The largest absolute Gasteiger partial charge is 0.302 e. The molecule has 0 fully saturated rings. The lowest BCUT2D eigenvalue weighted by Gasteiger charge is -2.07. The van der Waals surface area contributed by atoms with Gasteiger partial charge in [0.15, 0.2) is 0 Å². The SMILES string of the molecule is CC(OS(=O)O)c1ccccn1. The molecular formula is C7H9NO3S. The maximum atomic E-state index is 10.2. The number of pyridine rings is 1. The van der Waals surface area contributed by atoms with E-state index in [1.807, 2.05) is 0 Å². The molecule has 2 unspecified atom stereocenters. The summed E-state index contributed by atoms with van der Waals surface area (Å²) in [5.41, 5.74) is 0.639. The highest BCUT2D eigenvalue weighted by atomic mass is 32.2. The van der Waals surface area contributed by atoms with E-state index in [0.29, 0.717) is 5.69 Å². The van der Waals surface area contributed by atoms with E-state index in [-0.39, 0.29) is 0 Å². The zero-order chi connectivity index (χ0) is 8.97. The van der Waals surface area contributed by atoms with E-state index in [4.69, 9.17) is 4.55 Å². The smallest absolute Gasteiger partial charge is 0.284 e. The fourth-order valence-corrected chi connectivity index (χ4v) is 1.13. The van der Waals surface area contributed by atoms with Crippen LogP contribution in [0.25, 0.3) is 0 Å². The minimum absolute atomic E-state index is 0.461. The third kappa shape index (κ3) is 2.69. The molecule has 0 aliphatic carbocycles. The highest BCUT2D eigenvalue weighted by Crippen LogP contribution is 2.13. The van der Waals surface area contributed by atoms with Gasteiger partial charge in [0.25, 0.3) is 0 Å². The van der Waals surface area contributed by atoms with Gasteiger partial charge < -0.3 is 0 Å². The van der Waals surface area contributed by atoms with Gasteiger partial charge in [0, 0.05) is 6.20 Å². The molecule has 0 radical (unpaired) electrons. The van der Waals surface area contributed by atoms with Gasteiger partial charge in [0.1, 0.15) is 6.10 Å².